The molecule has 94 valence electrons. The molecule has 1 N–H and O–H groups in total. The molecule has 4 heteroatoms. The maximum Gasteiger partial charge on any atom is 0.129 e. The first-order valence-corrected chi connectivity index (χ1v) is 6.30. The summed E-state index contributed by atoms with van der Waals surface area (Å²) in [5, 5.41) is 2.95. The molecule has 1 nitrogen and oxygen atoms in total. The molecule has 1 unspecified atom stereocenters. The molecule has 0 saturated heterocycles. The highest BCUT2D eigenvalue weighted by atomic mass is 79.9. The van der Waals surface area contributed by atoms with Gasteiger partial charge in [-0.15, -0.1) is 0 Å². The minimum atomic E-state index is -0.526. The van der Waals surface area contributed by atoms with Crippen LogP contribution in [0.3, 0.4) is 0 Å². The Kier molecular flexibility index (Phi) is 4.09. The van der Waals surface area contributed by atoms with E-state index < -0.39 is 6.04 Å². The summed E-state index contributed by atoms with van der Waals surface area (Å²) >= 11 is 3.31. The van der Waals surface area contributed by atoms with Crippen molar-refractivity contribution in [1.82, 2.24) is 5.32 Å². The molecule has 0 aliphatic heterocycles. The summed E-state index contributed by atoms with van der Waals surface area (Å²) in [4.78, 5) is 0. The largest absolute Gasteiger partial charge is 0.309 e. The van der Waals surface area contributed by atoms with Gasteiger partial charge < -0.3 is 5.32 Å². The zero-order valence-electron chi connectivity index (χ0n) is 9.75. The molecule has 2 aromatic rings. The highest BCUT2D eigenvalue weighted by Crippen LogP contribution is 2.31. The molecule has 0 aliphatic rings. The lowest BCUT2D eigenvalue weighted by Crippen LogP contribution is -2.20. The Morgan fingerprint density at radius 1 is 1.00 bits per heavy atom. The zero-order chi connectivity index (χ0) is 13.1. The number of nitrogens with one attached hydrogen (secondary N) is 1. The Bertz CT molecular complexity index is 537. The lowest BCUT2D eigenvalue weighted by molar-refractivity contribution is 0.545. The van der Waals surface area contributed by atoms with Gasteiger partial charge in [-0.25, -0.2) is 8.78 Å². The van der Waals surface area contributed by atoms with E-state index in [1.807, 2.05) is 0 Å². The predicted molar refractivity (Wildman–Crippen MR) is 71.4 cm³/mol. The SMILES string of the molecule is CNC(c1ccccc1F)c1c(F)cccc1Br. The second kappa shape index (κ2) is 5.59. The van der Waals surface area contributed by atoms with Crippen molar-refractivity contribution in [2.45, 2.75) is 6.04 Å². The van der Waals surface area contributed by atoms with Crippen molar-refractivity contribution < 1.29 is 8.78 Å². The van der Waals surface area contributed by atoms with Gasteiger partial charge >= 0.3 is 0 Å². The first-order chi connectivity index (χ1) is 8.65. The third-order valence-corrected chi connectivity index (χ3v) is 3.48. The molecule has 0 heterocycles. The third-order valence-electron chi connectivity index (χ3n) is 2.79. The van der Waals surface area contributed by atoms with Gasteiger partial charge in [0.15, 0.2) is 0 Å². The first-order valence-electron chi connectivity index (χ1n) is 5.50. The Hall–Kier alpha value is -1.26. The topological polar surface area (TPSA) is 12.0 Å². The van der Waals surface area contributed by atoms with E-state index in [9.17, 15) is 8.78 Å². The van der Waals surface area contributed by atoms with Crippen molar-refractivity contribution >= 4 is 15.9 Å². The second-order valence-corrected chi connectivity index (χ2v) is 4.73. The molecule has 18 heavy (non-hydrogen) atoms. The number of hydrogen-bond donors (Lipinski definition) is 1. The highest BCUT2D eigenvalue weighted by molar-refractivity contribution is 9.10. The number of halogens is 3. The van der Waals surface area contributed by atoms with Crippen molar-refractivity contribution in [1.29, 1.82) is 0 Å². The summed E-state index contributed by atoms with van der Waals surface area (Å²) < 4.78 is 28.3. The lowest BCUT2D eigenvalue weighted by Gasteiger charge is -2.19. The van der Waals surface area contributed by atoms with Gasteiger partial charge in [-0.05, 0) is 25.2 Å². The van der Waals surface area contributed by atoms with Gasteiger partial charge in [-0.2, -0.15) is 0 Å². The fourth-order valence-electron chi connectivity index (χ4n) is 1.95. The van der Waals surface area contributed by atoms with Crippen LogP contribution in [0.1, 0.15) is 17.2 Å². The average molecular weight is 312 g/mol. The Morgan fingerprint density at radius 2 is 1.67 bits per heavy atom. The molecule has 0 aromatic heterocycles. The number of benzene rings is 2. The summed E-state index contributed by atoms with van der Waals surface area (Å²) in [7, 11) is 1.68. The summed E-state index contributed by atoms with van der Waals surface area (Å²) in [6.07, 6.45) is 0. The summed E-state index contributed by atoms with van der Waals surface area (Å²) in [5.74, 6) is -0.723. The van der Waals surface area contributed by atoms with Crippen LogP contribution < -0.4 is 5.32 Å². The van der Waals surface area contributed by atoms with Gasteiger partial charge in [0, 0.05) is 15.6 Å². The summed E-state index contributed by atoms with van der Waals surface area (Å²) in [6.45, 7) is 0. The molecule has 0 radical (unpaired) electrons. The van der Waals surface area contributed by atoms with Crippen LogP contribution in [0.4, 0.5) is 8.78 Å². The van der Waals surface area contributed by atoms with Crippen LogP contribution in [-0.4, -0.2) is 7.05 Å². The van der Waals surface area contributed by atoms with Crippen LogP contribution in [0.5, 0.6) is 0 Å². The molecular formula is C14H12BrF2N. The van der Waals surface area contributed by atoms with E-state index in [4.69, 9.17) is 0 Å². The van der Waals surface area contributed by atoms with E-state index in [2.05, 4.69) is 21.2 Å². The van der Waals surface area contributed by atoms with Crippen molar-refractivity contribution in [3.63, 3.8) is 0 Å². The minimum Gasteiger partial charge on any atom is -0.309 e. The quantitative estimate of drug-likeness (QED) is 0.902. The molecule has 0 fully saturated rings. The zero-order valence-corrected chi connectivity index (χ0v) is 11.3. The lowest BCUT2D eigenvalue weighted by atomic mass is 9.98. The van der Waals surface area contributed by atoms with Crippen molar-refractivity contribution in [2.24, 2.45) is 0 Å². The van der Waals surface area contributed by atoms with Crippen LogP contribution in [0.2, 0.25) is 0 Å². The van der Waals surface area contributed by atoms with Gasteiger partial charge in [-0.1, -0.05) is 40.2 Å². The monoisotopic (exact) mass is 311 g/mol. The Morgan fingerprint density at radius 3 is 2.28 bits per heavy atom. The van der Waals surface area contributed by atoms with Crippen molar-refractivity contribution in [3.05, 3.63) is 69.7 Å². The second-order valence-electron chi connectivity index (χ2n) is 3.88. The van der Waals surface area contributed by atoms with Crippen LogP contribution >= 0.6 is 15.9 Å². The molecule has 1 atom stereocenters. The molecule has 2 rings (SSSR count). The van der Waals surface area contributed by atoms with Crippen LogP contribution in [0.25, 0.3) is 0 Å². The Labute approximate surface area is 113 Å². The average Bonchev–Trinajstić information content (AvgIpc) is 2.35. The van der Waals surface area contributed by atoms with E-state index in [0.717, 1.165) is 0 Å². The highest BCUT2D eigenvalue weighted by Gasteiger charge is 2.21. The molecule has 0 spiro atoms. The molecular weight excluding hydrogens is 300 g/mol. The van der Waals surface area contributed by atoms with E-state index >= 15 is 0 Å². The standard InChI is InChI=1S/C14H12BrF2N/c1-18-14(9-5-2-3-7-11(9)16)13-10(15)6-4-8-12(13)17/h2-8,14,18H,1H3. The minimum absolute atomic E-state index is 0.355. The maximum absolute atomic E-state index is 13.9. The van der Waals surface area contributed by atoms with Gasteiger partial charge in [-0.3, -0.25) is 0 Å². The van der Waals surface area contributed by atoms with Gasteiger partial charge in [0.2, 0.25) is 0 Å². The summed E-state index contributed by atoms with van der Waals surface area (Å²) in [6, 6.07) is 10.6. The fourth-order valence-corrected chi connectivity index (χ4v) is 2.52. The molecule has 0 saturated carbocycles. The van der Waals surface area contributed by atoms with Gasteiger partial charge in [0.1, 0.15) is 11.6 Å². The van der Waals surface area contributed by atoms with Crippen molar-refractivity contribution in [2.75, 3.05) is 7.05 Å². The first kappa shape index (κ1) is 13.2. The number of hydrogen-bond acceptors (Lipinski definition) is 1. The van der Waals surface area contributed by atoms with E-state index in [1.54, 1.807) is 37.4 Å². The maximum atomic E-state index is 13.9. The van der Waals surface area contributed by atoms with Crippen LogP contribution in [-0.2, 0) is 0 Å². The number of rotatable bonds is 3. The van der Waals surface area contributed by atoms with Gasteiger partial charge in [0.05, 0.1) is 6.04 Å². The van der Waals surface area contributed by atoms with Crippen LogP contribution in [0.15, 0.2) is 46.9 Å². The van der Waals surface area contributed by atoms with Crippen molar-refractivity contribution in [3.8, 4) is 0 Å². The third kappa shape index (κ3) is 2.44. The van der Waals surface area contributed by atoms with Crippen LogP contribution in [0, 0.1) is 11.6 Å². The molecule has 0 bridgehead atoms. The van der Waals surface area contributed by atoms with E-state index in [-0.39, 0.29) is 11.6 Å². The molecule has 0 amide bonds. The molecule has 0 aliphatic carbocycles. The molecule has 2 aromatic carbocycles. The van der Waals surface area contributed by atoms with E-state index in [1.165, 1.54) is 12.1 Å². The fraction of sp³-hybridized carbons (Fsp3) is 0.143. The van der Waals surface area contributed by atoms with Gasteiger partial charge in [0.25, 0.3) is 0 Å². The smallest absolute Gasteiger partial charge is 0.129 e. The van der Waals surface area contributed by atoms with E-state index in [0.29, 0.717) is 15.6 Å². The Balaban J connectivity index is 2.56. The normalized spacial score (nSPS) is 12.4. The summed E-state index contributed by atoms with van der Waals surface area (Å²) in [5.41, 5.74) is 0.830. The predicted octanol–water partition coefficient (Wildman–Crippen LogP) is 4.04.